The lowest BCUT2D eigenvalue weighted by molar-refractivity contribution is -0.937. The number of hydrogen-bond donors (Lipinski definition) is 2. The molecule has 1 aliphatic rings. The van der Waals surface area contributed by atoms with Gasteiger partial charge >= 0.3 is 0 Å². The molecule has 0 radical (unpaired) electrons. The summed E-state index contributed by atoms with van der Waals surface area (Å²) < 4.78 is 5.56. The van der Waals surface area contributed by atoms with Gasteiger partial charge in [-0.1, -0.05) is 42.5 Å². The molecule has 5 heteroatoms. The third kappa shape index (κ3) is 4.64. The normalized spacial score (nSPS) is 15.7. The van der Waals surface area contributed by atoms with Gasteiger partial charge in [-0.3, -0.25) is 4.79 Å². The van der Waals surface area contributed by atoms with E-state index in [2.05, 4.69) is 40.5 Å². The monoisotopic (exact) mass is 404 g/mol. The Balaban J connectivity index is 1.51. The lowest BCUT2D eigenvalue weighted by atomic mass is 10.0. The number of quaternary nitrogens is 1. The molecule has 1 fully saturated rings. The molecule has 156 valence electrons. The molecule has 0 spiro atoms. The van der Waals surface area contributed by atoms with Crippen LogP contribution in [0, 0.1) is 0 Å². The molecule has 1 amide bonds. The maximum atomic E-state index is 12.9. The molecule has 0 aliphatic carbocycles. The second-order valence-electron chi connectivity index (χ2n) is 8.08. The first kappa shape index (κ1) is 20.4. The Morgan fingerprint density at radius 3 is 2.40 bits per heavy atom. The van der Waals surface area contributed by atoms with E-state index in [0.717, 1.165) is 37.1 Å². The van der Waals surface area contributed by atoms with Gasteiger partial charge in [0.25, 0.3) is 5.91 Å². The zero-order valence-corrected chi connectivity index (χ0v) is 17.7. The van der Waals surface area contributed by atoms with Crippen LogP contribution >= 0.6 is 0 Å². The average Bonchev–Trinajstić information content (AvgIpc) is 2.79. The lowest BCUT2D eigenvalue weighted by Crippen LogP contribution is -3.15. The minimum atomic E-state index is -0.0247. The Bertz CT molecular complexity index is 995. The first-order chi connectivity index (χ1) is 14.6. The van der Waals surface area contributed by atoms with Crippen LogP contribution in [-0.2, 0) is 4.74 Å². The Kier molecular flexibility index (Phi) is 6.31. The predicted octanol–water partition coefficient (Wildman–Crippen LogP) is 2.29. The highest BCUT2D eigenvalue weighted by molar-refractivity contribution is 5.98. The molecule has 5 nitrogen and oxygen atoms in total. The molecule has 2 N–H and O–H groups in total. The number of anilines is 1. The number of fused-ring (bicyclic) bond motifs is 1. The van der Waals surface area contributed by atoms with E-state index < -0.39 is 0 Å². The Labute approximate surface area is 178 Å². The molecule has 1 heterocycles. The third-order valence-electron chi connectivity index (χ3n) is 5.92. The van der Waals surface area contributed by atoms with Crippen LogP contribution in [0.25, 0.3) is 10.8 Å². The number of carbonyl (C=O) groups is 1. The zero-order valence-electron chi connectivity index (χ0n) is 17.7. The Hall–Kier alpha value is -2.89. The van der Waals surface area contributed by atoms with E-state index in [0.29, 0.717) is 12.1 Å². The van der Waals surface area contributed by atoms with E-state index in [4.69, 9.17) is 4.74 Å². The highest BCUT2D eigenvalue weighted by Crippen LogP contribution is 2.18. The Morgan fingerprint density at radius 2 is 1.70 bits per heavy atom. The van der Waals surface area contributed by atoms with E-state index in [9.17, 15) is 4.79 Å². The highest BCUT2D eigenvalue weighted by atomic mass is 16.5. The molecule has 1 saturated heterocycles. The van der Waals surface area contributed by atoms with Gasteiger partial charge in [-0.25, -0.2) is 0 Å². The van der Waals surface area contributed by atoms with Crippen LogP contribution in [0.4, 0.5) is 5.69 Å². The first-order valence-corrected chi connectivity index (χ1v) is 10.6. The molecule has 3 aromatic rings. The van der Waals surface area contributed by atoms with Gasteiger partial charge in [-0.05, 0) is 35.0 Å². The predicted molar refractivity (Wildman–Crippen MR) is 121 cm³/mol. The molecule has 3 aromatic carbocycles. The zero-order chi connectivity index (χ0) is 20.9. The summed E-state index contributed by atoms with van der Waals surface area (Å²) in [6.45, 7) is 4.03. The summed E-state index contributed by atoms with van der Waals surface area (Å²) in [4.78, 5) is 16.5. The number of rotatable bonds is 6. The summed E-state index contributed by atoms with van der Waals surface area (Å²) >= 11 is 0. The number of nitrogens with zero attached hydrogens (tertiary/aromatic N) is 1. The second kappa shape index (κ2) is 9.28. The molecule has 0 unspecified atom stereocenters. The number of morpholine rings is 1. The fraction of sp³-hybridized carbons (Fsp3) is 0.320. The lowest BCUT2D eigenvalue weighted by Gasteiger charge is -2.32. The summed E-state index contributed by atoms with van der Waals surface area (Å²) in [6, 6.07) is 22.9. The summed E-state index contributed by atoms with van der Waals surface area (Å²) in [5.74, 6) is -0.0247. The van der Waals surface area contributed by atoms with Crippen LogP contribution < -0.4 is 15.1 Å². The number of hydrogen-bond acceptors (Lipinski definition) is 3. The van der Waals surface area contributed by atoms with Crippen LogP contribution in [0.2, 0.25) is 0 Å². The summed E-state index contributed by atoms with van der Waals surface area (Å²) in [5, 5.41) is 5.41. The molecule has 30 heavy (non-hydrogen) atoms. The van der Waals surface area contributed by atoms with Crippen LogP contribution in [0.5, 0.6) is 0 Å². The van der Waals surface area contributed by atoms with Crippen LogP contribution in [-0.4, -0.2) is 52.9 Å². The van der Waals surface area contributed by atoms with E-state index in [1.165, 1.54) is 16.2 Å². The number of carbonyl (C=O) groups excluding carboxylic acids is 1. The number of ether oxygens (including phenoxy) is 1. The SMILES string of the molecule is CN(C)c1ccc([C@@H](CNC(=O)c2ccc3ccccc3c2)[NH+]2CCOCC2)cc1. The van der Waals surface area contributed by atoms with Gasteiger partial charge in [0.05, 0.1) is 19.8 Å². The molecular weight excluding hydrogens is 374 g/mol. The minimum Gasteiger partial charge on any atom is -0.378 e. The molecule has 1 aliphatic heterocycles. The van der Waals surface area contributed by atoms with E-state index in [1.54, 1.807) is 0 Å². The van der Waals surface area contributed by atoms with Gasteiger partial charge in [0.15, 0.2) is 0 Å². The van der Waals surface area contributed by atoms with Crippen molar-refractivity contribution in [1.82, 2.24) is 5.32 Å². The maximum Gasteiger partial charge on any atom is 0.251 e. The fourth-order valence-electron chi connectivity index (χ4n) is 4.11. The second-order valence-corrected chi connectivity index (χ2v) is 8.08. The van der Waals surface area contributed by atoms with Crippen molar-refractivity contribution in [3.8, 4) is 0 Å². The maximum absolute atomic E-state index is 12.9. The standard InChI is InChI=1S/C25H29N3O2/c1-27(2)23-11-9-20(10-12-23)24(28-13-15-30-16-14-28)18-26-25(29)22-8-7-19-5-3-4-6-21(19)17-22/h3-12,17,24H,13-16,18H2,1-2H3,(H,26,29)/p+1/t24-/m1/s1. The van der Waals surface area contributed by atoms with Crippen molar-refractivity contribution in [1.29, 1.82) is 0 Å². The van der Waals surface area contributed by atoms with Crippen molar-refractivity contribution in [3.05, 3.63) is 77.9 Å². The molecule has 0 bridgehead atoms. The van der Waals surface area contributed by atoms with E-state index in [-0.39, 0.29) is 11.9 Å². The molecule has 0 saturated carbocycles. The smallest absolute Gasteiger partial charge is 0.251 e. The quantitative estimate of drug-likeness (QED) is 0.663. The molecule has 1 atom stereocenters. The van der Waals surface area contributed by atoms with Gasteiger partial charge in [-0.2, -0.15) is 0 Å². The van der Waals surface area contributed by atoms with E-state index in [1.807, 2.05) is 50.5 Å². The van der Waals surface area contributed by atoms with Crippen molar-refractivity contribution in [2.24, 2.45) is 0 Å². The number of amides is 1. The summed E-state index contributed by atoms with van der Waals surface area (Å²) in [6.07, 6.45) is 0. The van der Waals surface area contributed by atoms with Crippen LogP contribution in [0.3, 0.4) is 0 Å². The van der Waals surface area contributed by atoms with Gasteiger partial charge in [-0.15, -0.1) is 0 Å². The topological polar surface area (TPSA) is 46.0 Å². The molecule has 0 aromatic heterocycles. The number of nitrogens with one attached hydrogen (secondary N) is 2. The van der Waals surface area contributed by atoms with Crippen molar-refractivity contribution >= 4 is 22.4 Å². The van der Waals surface area contributed by atoms with Crippen LogP contribution in [0.15, 0.2) is 66.7 Å². The van der Waals surface area contributed by atoms with Crippen molar-refractivity contribution in [2.75, 3.05) is 51.8 Å². The third-order valence-corrected chi connectivity index (χ3v) is 5.92. The van der Waals surface area contributed by atoms with Gasteiger partial charge in [0.2, 0.25) is 0 Å². The molecule has 4 rings (SSSR count). The Morgan fingerprint density at radius 1 is 1.00 bits per heavy atom. The summed E-state index contributed by atoms with van der Waals surface area (Å²) in [5.41, 5.74) is 3.12. The highest BCUT2D eigenvalue weighted by Gasteiger charge is 2.27. The largest absolute Gasteiger partial charge is 0.378 e. The van der Waals surface area contributed by atoms with E-state index >= 15 is 0 Å². The van der Waals surface area contributed by atoms with Crippen molar-refractivity contribution in [2.45, 2.75) is 6.04 Å². The number of benzene rings is 3. The fourth-order valence-corrected chi connectivity index (χ4v) is 4.11. The van der Waals surface area contributed by atoms with Gasteiger partial charge in [0.1, 0.15) is 19.1 Å². The minimum absolute atomic E-state index is 0.0247. The van der Waals surface area contributed by atoms with Crippen LogP contribution in [0.1, 0.15) is 22.0 Å². The van der Waals surface area contributed by atoms with Gasteiger partial charge in [0, 0.05) is 30.9 Å². The first-order valence-electron chi connectivity index (χ1n) is 10.6. The average molecular weight is 405 g/mol. The van der Waals surface area contributed by atoms with Gasteiger partial charge < -0.3 is 19.9 Å². The van der Waals surface area contributed by atoms with Crippen molar-refractivity contribution in [3.63, 3.8) is 0 Å². The molecular formula is C25H30N3O2+. The summed E-state index contributed by atoms with van der Waals surface area (Å²) in [7, 11) is 4.09. The van der Waals surface area contributed by atoms with Crippen molar-refractivity contribution < 1.29 is 14.4 Å².